The molecule has 4 amide bonds. The molecule has 0 heterocycles. The van der Waals surface area contributed by atoms with Crippen LogP contribution in [0.15, 0.2) is 60.7 Å². The average Bonchev–Trinajstić information content (AvgIpc) is 3.42. The molecule has 0 saturated carbocycles. The van der Waals surface area contributed by atoms with Gasteiger partial charge in [0.05, 0.1) is 37.9 Å². The molecule has 0 aliphatic rings. The van der Waals surface area contributed by atoms with Gasteiger partial charge in [0.25, 0.3) is 0 Å². The van der Waals surface area contributed by atoms with E-state index in [0.29, 0.717) is 32.1 Å². The molecule has 16 N–H and O–H groups in total. The van der Waals surface area contributed by atoms with Crippen molar-refractivity contribution >= 4 is 41.5 Å². The average molecular weight is 1040 g/mol. The van der Waals surface area contributed by atoms with Crippen molar-refractivity contribution in [3.05, 3.63) is 71.8 Å². The molecule has 0 unspecified atom stereocenters. The van der Waals surface area contributed by atoms with Crippen molar-refractivity contribution in [2.24, 2.45) is 34.6 Å². The molecule has 2 aromatic carbocycles. The van der Waals surface area contributed by atoms with Crippen LogP contribution in [0.25, 0.3) is 0 Å². The second-order valence-electron chi connectivity index (χ2n) is 14.2. The van der Waals surface area contributed by atoms with Gasteiger partial charge in [0.15, 0.2) is 0 Å². The Morgan fingerprint density at radius 3 is 0.918 bits per heavy atom. The number of likely N-dealkylation sites (N-methyl/N-ethyl adjacent to an activating group) is 6. The van der Waals surface area contributed by atoms with E-state index in [1.807, 2.05) is 130 Å². The van der Waals surface area contributed by atoms with Gasteiger partial charge in [-0.25, -0.2) is 0 Å². The monoisotopic (exact) mass is 1040 g/mol. The Balaban J connectivity index is -0.000000159. The van der Waals surface area contributed by atoms with Crippen LogP contribution in [0.1, 0.15) is 107 Å². The van der Waals surface area contributed by atoms with Crippen LogP contribution in [0.3, 0.4) is 0 Å². The fraction of sp³-hybridized carbons (Fsp3) is 0.635. The molecule has 0 aromatic heterocycles. The van der Waals surface area contributed by atoms with Crippen LogP contribution < -0.4 is 60.6 Å². The van der Waals surface area contributed by atoms with Crippen molar-refractivity contribution < 1.29 is 47.8 Å². The van der Waals surface area contributed by atoms with Crippen molar-refractivity contribution in [2.75, 3.05) is 69.2 Å². The van der Waals surface area contributed by atoms with Crippen molar-refractivity contribution in [1.82, 2.24) is 31.9 Å². The third kappa shape index (κ3) is 47.2. The number of esters is 3. The SMILES string of the molecule is CC.CC.CC.CC.CC(N)=O.CN.CNC(=O)[C@@H](N)CCOC(=O)[C@@H](NC)C(C)C.CNC(=O)[C@@H](N)CCOC(=O)[C@H](Cc1ccccc1)NC.CNC(=O)[C@@H](N)CCOC(=O)[C@H](Cc1ccccc1)NC. The molecule has 6 atom stereocenters. The first-order valence-corrected chi connectivity index (χ1v) is 25.2. The first-order chi connectivity index (χ1) is 34.8. The number of amides is 4. The van der Waals surface area contributed by atoms with E-state index < -0.39 is 30.2 Å². The molecule has 73 heavy (non-hydrogen) atoms. The molecule has 0 aliphatic carbocycles. The Hall–Kier alpha value is -5.55. The topological polar surface area (TPSA) is 349 Å². The summed E-state index contributed by atoms with van der Waals surface area (Å²) in [5.74, 6) is -1.96. The van der Waals surface area contributed by atoms with Crippen LogP contribution in [0.5, 0.6) is 0 Å². The number of carbonyl (C=O) groups excluding carboxylic acids is 7. The summed E-state index contributed by atoms with van der Waals surface area (Å²) in [5, 5.41) is 16.1. The minimum Gasteiger partial charge on any atom is -0.464 e. The van der Waals surface area contributed by atoms with Crippen molar-refractivity contribution in [3.8, 4) is 0 Å². The van der Waals surface area contributed by atoms with Crippen molar-refractivity contribution in [2.45, 2.75) is 145 Å². The number of carbonyl (C=O) groups is 7. The molecule has 2 rings (SSSR count). The van der Waals surface area contributed by atoms with Crippen molar-refractivity contribution in [1.29, 1.82) is 0 Å². The molecule has 0 radical (unpaired) electrons. The standard InChI is InChI=1S/2C15H23N3O3.C11H23N3O3.C2H5NO.4C2H6.CH5N/c2*1-17-13(10-11-6-4-3-5-7-11)15(20)21-9-8-12(16)14(19)18-2;1-7(2)9(13-3)11(16)17-6-5-8(12)10(15)14-4;1-2(3)4;5*1-2/h2*3-7,12-13,17H,8-10,16H2,1-2H3,(H,18,19);7-9,13H,5-6,12H2,1-4H3,(H,14,15);1H3,(H2,3,4);4*1-2H3;2H2,1H3/t2*12-,13-;8-,9-;;;;;;/m000....../s1. The summed E-state index contributed by atoms with van der Waals surface area (Å²) in [4.78, 5) is 78.3. The Morgan fingerprint density at radius 1 is 0.466 bits per heavy atom. The van der Waals surface area contributed by atoms with E-state index in [0.717, 1.165) is 11.1 Å². The molecular formula is C52H103N11O10. The van der Waals surface area contributed by atoms with Gasteiger partial charge in [0.1, 0.15) is 18.1 Å². The number of primary amides is 1. The van der Waals surface area contributed by atoms with Gasteiger partial charge in [-0.05, 0) is 58.1 Å². The van der Waals surface area contributed by atoms with Gasteiger partial charge in [-0.3, -0.25) is 33.6 Å². The third-order valence-corrected chi connectivity index (χ3v) is 8.83. The quantitative estimate of drug-likeness (QED) is 0.0560. The van der Waals surface area contributed by atoms with Crippen LogP contribution in [0, 0.1) is 5.92 Å². The van der Waals surface area contributed by atoms with E-state index in [2.05, 4.69) is 43.4 Å². The highest BCUT2D eigenvalue weighted by atomic mass is 16.5. The maximum absolute atomic E-state index is 12.0. The fourth-order valence-corrected chi connectivity index (χ4v) is 5.13. The lowest BCUT2D eigenvalue weighted by Crippen LogP contribution is -2.42. The zero-order valence-corrected chi connectivity index (χ0v) is 47.9. The Morgan fingerprint density at radius 2 is 0.712 bits per heavy atom. The first-order valence-electron chi connectivity index (χ1n) is 25.2. The lowest BCUT2D eigenvalue weighted by atomic mass is 10.1. The van der Waals surface area contributed by atoms with Gasteiger partial charge in [-0.2, -0.15) is 0 Å². The molecule has 0 saturated heterocycles. The number of benzene rings is 2. The van der Waals surface area contributed by atoms with E-state index >= 15 is 0 Å². The molecule has 0 fully saturated rings. The number of nitrogens with two attached hydrogens (primary N) is 5. The largest absolute Gasteiger partial charge is 0.464 e. The predicted molar refractivity (Wildman–Crippen MR) is 297 cm³/mol. The Kier molecular flexibility index (Phi) is 65.9. The lowest BCUT2D eigenvalue weighted by molar-refractivity contribution is -0.148. The Labute approximate surface area is 440 Å². The summed E-state index contributed by atoms with van der Waals surface area (Å²) in [6.45, 7) is 21.6. The lowest BCUT2D eigenvalue weighted by Gasteiger charge is -2.19. The molecule has 21 nitrogen and oxygen atoms in total. The summed E-state index contributed by atoms with van der Waals surface area (Å²) in [7, 11) is 11.2. The Bertz CT molecular complexity index is 1520. The fourth-order valence-electron chi connectivity index (χ4n) is 5.13. The highest BCUT2D eigenvalue weighted by Crippen LogP contribution is 2.07. The second-order valence-corrected chi connectivity index (χ2v) is 14.2. The number of nitrogens with one attached hydrogen (secondary N) is 6. The number of ether oxygens (including phenoxy) is 3. The minimum atomic E-state index is -0.662. The molecule has 426 valence electrons. The van der Waals surface area contributed by atoms with Crippen LogP contribution in [-0.2, 0) is 60.6 Å². The van der Waals surface area contributed by atoms with Crippen LogP contribution in [0.4, 0.5) is 0 Å². The zero-order chi connectivity index (χ0) is 58.3. The molecule has 0 bridgehead atoms. The summed E-state index contributed by atoms with van der Waals surface area (Å²) >= 11 is 0. The third-order valence-electron chi connectivity index (χ3n) is 8.83. The van der Waals surface area contributed by atoms with Crippen LogP contribution in [0.2, 0.25) is 0 Å². The maximum atomic E-state index is 12.0. The van der Waals surface area contributed by atoms with Gasteiger partial charge < -0.3 is 74.8 Å². The predicted octanol–water partition coefficient (Wildman–Crippen LogP) is 2.06. The van der Waals surface area contributed by atoms with E-state index in [4.69, 9.17) is 31.4 Å². The molecular weight excluding hydrogens is 939 g/mol. The summed E-state index contributed by atoms with van der Waals surface area (Å²) in [5.41, 5.74) is 27.9. The highest BCUT2D eigenvalue weighted by molar-refractivity contribution is 5.82. The normalized spacial score (nSPS) is 11.7. The number of rotatable bonds is 23. The van der Waals surface area contributed by atoms with Crippen LogP contribution >= 0.6 is 0 Å². The summed E-state index contributed by atoms with van der Waals surface area (Å²) in [6, 6.07) is 16.3. The van der Waals surface area contributed by atoms with Crippen LogP contribution in [-0.4, -0.2) is 147 Å². The minimum absolute atomic E-state index is 0.125. The summed E-state index contributed by atoms with van der Waals surface area (Å²) in [6.07, 6.45) is 2.02. The highest BCUT2D eigenvalue weighted by Gasteiger charge is 2.23. The van der Waals surface area contributed by atoms with Crippen molar-refractivity contribution in [3.63, 3.8) is 0 Å². The van der Waals surface area contributed by atoms with Gasteiger partial charge in [-0.1, -0.05) is 130 Å². The van der Waals surface area contributed by atoms with Gasteiger partial charge in [0, 0.05) is 47.3 Å². The summed E-state index contributed by atoms with van der Waals surface area (Å²) < 4.78 is 15.4. The second kappa shape index (κ2) is 59.0. The molecule has 2 aromatic rings. The molecule has 0 spiro atoms. The van der Waals surface area contributed by atoms with E-state index in [1.165, 1.54) is 35.1 Å². The van der Waals surface area contributed by atoms with Gasteiger partial charge >= 0.3 is 17.9 Å². The van der Waals surface area contributed by atoms with E-state index in [9.17, 15) is 33.6 Å². The number of hydrogen-bond acceptors (Lipinski definition) is 17. The van der Waals surface area contributed by atoms with Gasteiger partial charge in [-0.15, -0.1) is 0 Å². The van der Waals surface area contributed by atoms with E-state index in [1.54, 1.807) is 21.1 Å². The molecule has 21 heteroatoms. The number of hydrogen-bond donors (Lipinski definition) is 11. The molecule has 0 aliphatic heterocycles. The van der Waals surface area contributed by atoms with Gasteiger partial charge in [0.2, 0.25) is 23.6 Å². The maximum Gasteiger partial charge on any atom is 0.323 e. The first kappa shape index (κ1) is 81.5. The zero-order valence-electron chi connectivity index (χ0n) is 47.9. The smallest absolute Gasteiger partial charge is 0.323 e. The van der Waals surface area contributed by atoms with E-state index in [-0.39, 0.29) is 73.3 Å².